The first-order valence-corrected chi connectivity index (χ1v) is 7.90. The van der Waals surface area contributed by atoms with E-state index in [0.717, 1.165) is 24.5 Å². The van der Waals surface area contributed by atoms with E-state index in [2.05, 4.69) is 29.7 Å². The van der Waals surface area contributed by atoms with Crippen LogP contribution in [0.3, 0.4) is 0 Å². The van der Waals surface area contributed by atoms with Crippen molar-refractivity contribution in [2.75, 3.05) is 27.3 Å². The van der Waals surface area contributed by atoms with Crippen LogP contribution in [-0.4, -0.2) is 39.4 Å². The summed E-state index contributed by atoms with van der Waals surface area (Å²) >= 11 is 0. The quantitative estimate of drug-likeness (QED) is 0.772. The van der Waals surface area contributed by atoms with Gasteiger partial charge in [-0.05, 0) is 63.4 Å². The predicted octanol–water partition coefficient (Wildman–Crippen LogP) is 2.37. The van der Waals surface area contributed by atoms with Gasteiger partial charge in [-0.1, -0.05) is 6.07 Å². The van der Waals surface area contributed by atoms with Crippen LogP contribution in [0.2, 0.25) is 0 Å². The summed E-state index contributed by atoms with van der Waals surface area (Å²) in [6, 6.07) is 7.39. The smallest absolute Gasteiger partial charge is 0.160 e. The minimum Gasteiger partial charge on any atom is -0.493 e. The summed E-state index contributed by atoms with van der Waals surface area (Å²) in [6.45, 7) is 4.45. The second-order valence-electron chi connectivity index (χ2n) is 5.82. The molecule has 0 aromatic heterocycles. The Morgan fingerprint density at radius 2 is 2.10 bits per heavy atom. The summed E-state index contributed by atoms with van der Waals surface area (Å²) in [6.07, 6.45) is 4.86. The van der Waals surface area contributed by atoms with E-state index in [1.807, 2.05) is 6.07 Å². The molecule has 0 amide bonds. The van der Waals surface area contributed by atoms with Gasteiger partial charge in [0.15, 0.2) is 11.5 Å². The lowest BCUT2D eigenvalue weighted by molar-refractivity contribution is 0.354. The summed E-state index contributed by atoms with van der Waals surface area (Å²) in [7, 11) is 3.34. The number of ether oxygens (including phenoxy) is 2. The second-order valence-corrected chi connectivity index (χ2v) is 5.82. The summed E-state index contributed by atoms with van der Waals surface area (Å²) in [5, 5.41) is 7.16. The molecule has 1 aliphatic rings. The van der Waals surface area contributed by atoms with Crippen LogP contribution < -0.4 is 20.1 Å². The van der Waals surface area contributed by atoms with Crippen molar-refractivity contribution < 1.29 is 9.47 Å². The maximum absolute atomic E-state index is 5.34. The zero-order valence-corrected chi connectivity index (χ0v) is 13.4. The number of hydrogen-bond acceptors (Lipinski definition) is 4. The van der Waals surface area contributed by atoms with Crippen LogP contribution in [0.15, 0.2) is 18.2 Å². The average Bonchev–Trinajstić information content (AvgIpc) is 2.99. The lowest BCUT2D eigenvalue weighted by Crippen LogP contribution is -2.34. The van der Waals surface area contributed by atoms with Gasteiger partial charge in [-0.3, -0.25) is 0 Å². The van der Waals surface area contributed by atoms with E-state index >= 15 is 0 Å². The Bertz CT molecular complexity index is 431. The topological polar surface area (TPSA) is 42.5 Å². The molecule has 1 aliphatic heterocycles. The molecular weight excluding hydrogens is 264 g/mol. The highest BCUT2D eigenvalue weighted by atomic mass is 16.5. The van der Waals surface area contributed by atoms with E-state index in [0.29, 0.717) is 12.1 Å². The van der Waals surface area contributed by atoms with Crippen LogP contribution >= 0.6 is 0 Å². The van der Waals surface area contributed by atoms with Crippen LogP contribution in [0.25, 0.3) is 0 Å². The minimum atomic E-state index is 0.556. The summed E-state index contributed by atoms with van der Waals surface area (Å²) in [4.78, 5) is 0. The Morgan fingerprint density at radius 1 is 1.29 bits per heavy atom. The van der Waals surface area contributed by atoms with Gasteiger partial charge in [0.25, 0.3) is 0 Å². The zero-order chi connectivity index (χ0) is 15.1. The maximum atomic E-state index is 5.34. The fourth-order valence-corrected chi connectivity index (χ4v) is 2.97. The second kappa shape index (κ2) is 8.25. The van der Waals surface area contributed by atoms with Gasteiger partial charge in [-0.15, -0.1) is 0 Å². The number of rotatable bonds is 8. The monoisotopic (exact) mass is 292 g/mol. The Balaban J connectivity index is 1.74. The van der Waals surface area contributed by atoms with Gasteiger partial charge in [0.05, 0.1) is 14.2 Å². The van der Waals surface area contributed by atoms with E-state index < -0.39 is 0 Å². The van der Waals surface area contributed by atoms with E-state index in [-0.39, 0.29) is 0 Å². The molecular formula is C17H28N2O2. The third-order valence-electron chi connectivity index (χ3n) is 4.15. The SMILES string of the molecule is COc1ccc(CCNC(C)CC2CCCN2)cc1OC. The maximum Gasteiger partial charge on any atom is 0.160 e. The highest BCUT2D eigenvalue weighted by Gasteiger charge is 2.16. The average molecular weight is 292 g/mol. The van der Waals surface area contributed by atoms with Gasteiger partial charge in [0, 0.05) is 12.1 Å². The first-order valence-electron chi connectivity index (χ1n) is 7.90. The van der Waals surface area contributed by atoms with Gasteiger partial charge >= 0.3 is 0 Å². The highest BCUT2D eigenvalue weighted by Crippen LogP contribution is 2.27. The number of hydrogen-bond donors (Lipinski definition) is 2. The standard InChI is InChI=1S/C17H28N2O2/c1-13(11-15-5-4-9-19-15)18-10-8-14-6-7-16(20-2)17(12-14)21-3/h6-7,12-13,15,18-19H,4-5,8-11H2,1-3H3. The van der Waals surface area contributed by atoms with Crippen LogP contribution in [0.5, 0.6) is 11.5 Å². The number of nitrogens with one attached hydrogen (secondary N) is 2. The molecule has 4 nitrogen and oxygen atoms in total. The summed E-state index contributed by atoms with van der Waals surface area (Å²) in [5.41, 5.74) is 1.27. The fourth-order valence-electron chi connectivity index (χ4n) is 2.97. The first kappa shape index (κ1) is 16.1. The van der Waals surface area contributed by atoms with Crippen molar-refractivity contribution in [3.8, 4) is 11.5 Å². The molecule has 4 heteroatoms. The first-order chi connectivity index (χ1) is 10.2. The fraction of sp³-hybridized carbons (Fsp3) is 0.647. The third kappa shape index (κ3) is 4.90. The molecule has 2 unspecified atom stereocenters. The zero-order valence-electron chi connectivity index (χ0n) is 13.4. The molecule has 0 saturated carbocycles. The molecule has 1 aromatic rings. The molecule has 21 heavy (non-hydrogen) atoms. The molecule has 0 spiro atoms. The summed E-state index contributed by atoms with van der Waals surface area (Å²) < 4.78 is 10.6. The Morgan fingerprint density at radius 3 is 2.76 bits per heavy atom. The third-order valence-corrected chi connectivity index (χ3v) is 4.15. The van der Waals surface area contributed by atoms with Crippen molar-refractivity contribution in [3.05, 3.63) is 23.8 Å². The lowest BCUT2D eigenvalue weighted by atomic mass is 10.1. The number of benzene rings is 1. The van der Waals surface area contributed by atoms with Crippen LogP contribution in [0.1, 0.15) is 31.7 Å². The molecule has 2 N–H and O–H groups in total. The van der Waals surface area contributed by atoms with Gasteiger partial charge < -0.3 is 20.1 Å². The van der Waals surface area contributed by atoms with Crippen LogP contribution in [-0.2, 0) is 6.42 Å². The van der Waals surface area contributed by atoms with Crippen molar-refractivity contribution in [3.63, 3.8) is 0 Å². The molecule has 0 aliphatic carbocycles. The highest BCUT2D eigenvalue weighted by molar-refractivity contribution is 5.42. The molecule has 1 fully saturated rings. The normalized spacial score (nSPS) is 19.5. The largest absolute Gasteiger partial charge is 0.493 e. The van der Waals surface area contributed by atoms with E-state index in [4.69, 9.17) is 9.47 Å². The predicted molar refractivity (Wildman–Crippen MR) is 86.4 cm³/mol. The molecule has 1 saturated heterocycles. The molecule has 118 valence electrons. The van der Waals surface area contributed by atoms with E-state index in [9.17, 15) is 0 Å². The molecule has 2 rings (SSSR count). The Labute approximate surface area is 128 Å². The van der Waals surface area contributed by atoms with Gasteiger partial charge in [-0.2, -0.15) is 0 Å². The number of methoxy groups -OCH3 is 2. The van der Waals surface area contributed by atoms with Gasteiger partial charge in [0.2, 0.25) is 0 Å². The summed E-state index contributed by atoms with van der Waals surface area (Å²) in [5.74, 6) is 1.59. The molecule has 1 aromatic carbocycles. The van der Waals surface area contributed by atoms with Crippen LogP contribution in [0.4, 0.5) is 0 Å². The van der Waals surface area contributed by atoms with Crippen molar-refractivity contribution in [1.82, 2.24) is 10.6 Å². The molecule has 0 bridgehead atoms. The lowest BCUT2D eigenvalue weighted by Gasteiger charge is -2.18. The van der Waals surface area contributed by atoms with Crippen molar-refractivity contribution in [1.29, 1.82) is 0 Å². The van der Waals surface area contributed by atoms with E-state index in [1.165, 1.54) is 31.4 Å². The molecule has 0 radical (unpaired) electrons. The van der Waals surface area contributed by atoms with Gasteiger partial charge in [0.1, 0.15) is 0 Å². The van der Waals surface area contributed by atoms with Crippen molar-refractivity contribution in [2.45, 2.75) is 44.7 Å². The minimum absolute atomic E-state index is 0.556. The molecule has 1 heterocycles. The Hall–Kier alpha value is -1.26. The van der Waals surface area contributed by atoms with Gasteiger partial charge in [-0.25, -0.2) is 0 Å². The van der Waals surface area contributed by atoms with E-state index in [1.54, 1.807) is 14.2 Å². The Kier molecular flexibility index (Phi) is 6.33. The van der Waals surface area contributed by atoms with Crippen molar-refractivity contribution in [2.24, 2.45) is 0 Å². The van der Waals surface area contributed by atoms with Crippen LogP contribution in [0, 0.1) is 0 Å². The molecule has 2 atom stereocenters. The van der Waals surface area contributed by atoms with Crippen molar-refractivity contribution >= 4 is 0 Å².